The number of hydrogen-bond donors (Lipinski definition) is 3. The zero-order valence-electron chi connectivity index (χ0n) is 62.0. The van der Waals surface area contributed by atoms with Gasteiger partial charge < -0.3 is 33.8 Å². The first-order valence-corrected chi connectivity index (χ1v) is 42.5. The molecule has 0 saturated heterocycles. The lowest BCUT2D eigenvalue weighted by atomic mass is 10.00. The number of esters is 4. The normalized spacial score (nSPS) is 14.3. The monoisotopic (exact) mass is 1400 g/mol. The Balaban J connectivity index is 5.24. The topological polar surface area (TPSA) is 237 Å². The van der Waals surface area contributed by atoms with Crippen LogP contribution in [-0.4, -0.2) is 96.7 Å². The van der Waals surface area contributed by atoms with Crippen molar-refractivity contribution in [1.29, 1.82) is 0 Å². The van der Waals surface area contributed by atoms with Gasteiger partial charge in [-0.2, -0.15) is 0 Å². The van der Waals surface area contributed by atoms with Gasteiger partial charge in [0.05, 0.1) is 26.4 Å². The summed E-state index contributed by atoms with van der Waals surface area (Å²) in [5, 5.41) is 10.6. The van der Waals surface area contributed by atoms with Crippen molar-refractivity contribution in [3.63, 3.8) is 0 Å². The summed E-state index contributed by atoms with van der Waals surface area (Å²) in [7, 11) is -9.91. The predicted molar refractivity (Wildman–Crippen MR) is 386 cm³/mol. The highest BCUT2D eigenvalue weighted by Gasteiger charge is 2.30. The number of carbonyl (C=O) groups is 4. The van der Waals surface area contributed by atoms with Crippen molar-refractivity contribution in [2.75, 3.05) is 39.6 Å². The van der Waals surface area contributed by atoms with Gasteiger partial charge in [-0.15, -0.1) is 0 Å². The molecule has 0 aliphatic carbocycles. The Hall–Kier alpha value is -1.94. The van der Waals surface area contributed by atoms with Gasteiger partial charge in [-0.05, 0) is 37.5 Å². The second kappa shape index (κ2) is 67.9. The molecule has 17 nitrogen and oxygen atoms in total. The van der Waals surface area contributed by atoms with Crippen molar-refractivity contribution in [3.8, 4) is 0 Å². The molecule has 0 rings (SSSR count). The van der Waals surface area contributed by atoms with E-state index in [1.165, 1.54) is 205 Å². The van der Waals surface area contributed by atoms with Gasteiger partial charge in [-0.25, -0.2) is 9.13 Å². The molecule has 3 N–H and O–H groups in total. The zero-order chi connectivity index (χ0) is 70.0. The number of phosphoric acid groups is 2. The maximum atomic E-state index is 13.1. The Morgan fingerprint density at radius 1 is 0.305 bits per heavy atom. The Bertz CT molecular complexity index is 1840. The number of unbranched alkanes of at least 4 members (excludes halogenated alkanes) is 44. The van der Waals surface area contributed by atoms with Crippen LogP contribution >= 0.6 is 15.6 Å². The molecule has 0 heterocycles. The molecule has 3 unspecified atom stereocenters. The van der Waals surface area contributed by atoms with Crippen molar-refractivity contribution in [2.45, 2.75) is 413 Å². The minimum Gasteiger partial charge on any atom is -0.462 e. The predicted octanol–water partition coefficient (Wildman–Crippen LogP) is 22.3. The third kappa shape index (κ3) is 69.0. The Morgan fingerprint density at radius 2 is 0.537 bits per heavy atom. The van der Waals surface area contributed by atoms with Crippen molar-refractivity contribution < 1.29 is 80.2 Å². The first kappa shape index (κ1) is 93.1. The highest BCUT2D eigenvalue weighted by molar-refractivity contribution is 7.47. The summed E-state index contributed by atoms with van der Waals surface area (Å²) >= 11 is 0. The van der Waals surface area contributed by atoms with E-state index in [1.807, 2.05) is 0 Å². The quantitative estimate of drug-likeness (QED) is 0.0222. The van der Waals surface area contributed by atoms with Gasteiger partial charge in [0.15, 0.2) is 12.2 Å². The van der Waals surface area contributed by atoms with Crippen LogP contribution in [0, 0.1) is 11.8 Å². The maximum Gasteiger partial charge on any atom is 0.472 e. The molecule has 0 aliphatic rings. The van der Waals surface area contributed by atoms with Crippen molar-refractivity contribution in [1.82, 2.24) is 0 Å². The van der Waals surface area contributed by atoms with Gasteiger partial charge in [0.1, 0.15) is 19.3 Å². The van der Waals surface area contributed by atoms with Crippen molar-refractivity contribution >= 4 is 39.5 Å². The number of carbonyl (C=O) groups excluding carboxylic acids is 4. The Labute approximate surface area is 581 Å². The summed E-state index contributed by atoms with van der Waals surface area (Å²) in [6.07, 6.45) is 55.5. The fraction of sp³-hybridized carbons (Fsp3) is 0.947. The molecule has 0 radical (unpaired) electrons. The van der Waals surface area contributed by atoms with Gasteiger partial charge in [-0.1, -0.05) is 343 Å². The van der Waals surface area contributed by atoms with E-state index in [4.69, 9.17) is 37.0 Å². The lowest BCUT2D eigenvalue weighted by Gasteiger charge is -2.21. The Morgan fingerprint density at radius 3 is 0.800 bits per heavy atom. The van der Waals surface area contributed by atoms with Crippen LogP contribution in [0.2, 0.25) is 0 Å². The molecule has 0 bridgehead atoms. The summed E-state index contributed by atoms with van der Waals surface area (Å²) in [4.78, 5) is 72.8. The smallest absolute Gasteiger partial charge is 0.462 e. The Kier molecular flexibility index (Phi) is 66.5. The molecule has 6 atom stereocenters. The minimum absolute atomic E-state index is 0.105. The third-order valence-corrected chi connectivity index (χ3v) is 20.0. The van der Waals surface area contributed by atoms with Crippen LogP contribution < -0.4 is 0 Å². The molecular weight excluding hydrogens is 1250 g/mol. The average Bonchev–Trinajstić information content (AvgIpc) is 2.51. The van der Waals surface area contributed by atoms with E-state index in [0.29, 0.717) is 25.7 Å². The van der Waals surface area contributed by atoms with Gasteiger partial charge >= 0.3 is 39.5 Å². The van der Waals surface area contributed by atoms with Crippen LogP contribution in [-0.2, 0) is 65.4 Å². The summed E-state index contributed by atoms with van der Waals surface area (Å²) in [6.45, 7) is 9.55. The number of ether oxygens (including phenoxy) is 4. The number of aliphatic hydroxyl groups excluding tert-OH is 1. The summed E-state index contributed by atoms with van der Waals surface area (Å²) in [5.74, 6) is -0.633. The van der Waals surface area contributed by atoms with Crippen molar-refractivity contribution in [3.05, 3.63) is 0 Å². The van der Waals surface area contributed by atoms with Crippen LogP contribution in [0.4, 0.5) is 0 Å². The first-order chi connectivity index (χ1) is 45.9. The standard InChI is InChI=1S/C76H148O17P2/c1-7-10-12-14-16-18-20-22-24-25-26-27-29-31-36-40-48-54-60-75(80)92-71(64-86-73(78)58-52-46-39-35-30-28-23-21-19-17-15-13-11-8-2)66-90-94(82,83)88-62-70(77)63-89-95(84,85)91-67-72(65-87-74(79)59-53-47-43-42-45-51-57-69(6)9-3)93-76(81)61-55-49-41-37-33-32-34-38-44-50-56-68(4)5/h68-72,77H,7-67H2,1-6H3,(H,82,83)(H,84,85)/t69?,70-,71-,72-/m1/s1. The minimum atomic E-state index is -4.96. The van der Waals surface area contributed by atoms with E-state index in [-0.39, 0.29) is 25.7 Å². The molecule has 564 valence electrons. The summed E-state index contributed by atoms with van der Waals surface area (Å²) < 4.78 is 68.5. The second-order valence-corrected chi connectivity index (χ2v) is 31.0. The number of hydrogen-bond acceptors (Lipinski definition) is 15. The molecule has 0 aromatic heterocycles. The molecule has 0 aromatic carbocycles. The lowest BCUT2D eigenvalue weighted by molar-refractivity contribution is -0.161. The molecule has 0 aliphatic heterocycles. The molecule has 0 amide bonds. The van der Waals surface area contributed by atoms with E-state index in [0.717, 1.165) is 108 Å². The fourth-order valence-electron chi connectivity index (χ4n) is 11.6. The highest BCUT2D eigenvalue weighted by Crippen LogP contribution is 2.45. The van der Waals surface area contributed by atoms with E-state index in [2.05, 4.69) is 41.5 Å². The average molecular weight is 1400 g/mol. The van der Waals surface area contributed by atoms with Gasteiger partial charge in [0, 0.05) is 25.7 Å². The van der Waals surface area contributed by atoms with Crippen LogP contribution in [0.25, 0.3) is 0 Å². The highest BCUT2D eigenvalue weighted by atomic mass is 31.2. The SMILES string of the molecule is CCCCCCCCCCCCCCCCCCCCC(=O)O[C@H](COC(=O)CCCCCCCCCCCCCCCC)COP(=O)(O)OC[C@@H](O)COP(=O)(O)OC[C@@H](COC(=O)CCCCCCCCC(C)CC)OC(=O)CCCCCCCCCCCCC(C)C. The number of aliphatic hydroxyl groups is 1. The van der Waals surface area contributed by atoms with Gasteiger partial charge in [-0.3, -0.25) is 37.3 Å². The zero-order valence-corrected chi connectivity index (χ0v) is 63.8. The van der Waals surface area contributed by atoms with Gasteiger partial charge in [0.25, 0.3) is 0 Å². The van der Waals surface area contributed by atoms with Crippen molar-refractivity contribution in [2.24, 2.45) is 11.8 Å². The van der Waals surface area contributed by atoms with E-state index >= 15 is 0 Å². The molecule has 0 fully saturated rings. The van der Waals surface area contributed by atoms with E-state index in [1.54, 1.807) is 0 Å². The largest absolute Gasteiger partial charge is 0.472 e. The third-order valence-electron chi connectivity index (χ3n) is 18.1. The molecule has 0 aromatic rings. The summed E-state index contributed by atoms with van der Waals surface area (Å²) in [5.41, 5.74) is 0. The van der Waals surface area contributed by atoms with E-state index < -0.39 is 97.5 Å². The van der Waals surface area contributed by atoms with Crippen LogP contribution in [0.3, 0.4) is 0 Å². The molecule has 19 heteroatoms. The summed E-state index contributed by atoms with van der Waals surface area (Å²) in [6, 6.07) is 0. The first-order valence-electron chi connectivity index (χ1n) is 39.5. The maximum absolute atomic E-state index is 13.1. The van der Waals surface area contributed by atoms with Crippen LogP contribution in [0.15, 0.2) is 0 Å². The number of rotatable bonds is 75. The van der Waals surface area contributed by atoms with Crippen LogP contribution in [0.5, 0.6) is 0 Å². The number of phosphoric ester groups is 2. The molecular formula is C76H148O17P2. The molecule has 0 spiro atoms. The van der Waals surface area contributed by atoms with E-state index in [9.17, 15) is 43.2 Å². The van der Waals surface area contributed by atoms with Gasteiger partial charge in [0.2, 0.25) is 0 Å². The fourth-order valence-corrected chi connectivity index (χ4v) is 13.2. The second-order valence-electron chi connectivity index (χ2n) is 28.1. The molecule has 95 heavy (non-hydrogen) atoms. The lowest BCUT2D eigenvalue weighted by Crippen LogP contribution is -2.30. The molecule has 0 saturated carbocycles. The van der Waals surface area contributed by atoms with Crippen LogP contribution in [0.1, 0.15) is 395 Å².